The van der Waals surface area contributed by atoms with Gasteiger partial charge in [0.15, 0.2) is 17.7 Å². The van der Waals surface area contributed by atoms with Gasteiger partial charge in [0, 0.05) is 10.9 Å². The van der Waals surface area contributed by atoms with Gasteiger partial charge >= 0.3 is 0 Å². The third kappa shape index (κ3) is 5.08. The first-order valence-electron chi connectivity index (χ1n) is 11.4. The smallest absolute Gasteiger partial charge is 0.206 e. The Hall–Kier alpha value is -4.29. The molecule has 1 aliphatic heterocycles. The molecule has 0 saturated heterocycles. The van der Waals surface area contributed by atoms with Crippen molar-refractivity contribution in [3.05, 3.63) is 81.6 Å². The minimum absolute atomic E-state index is 0.107. The number of hydrazone groups is 1. The maximum Gasteiger partial charge on any atom is 0.206 e. The summed E-state index contributed by atoms with van der Waals surface area (Å²) in [7, 11) is 0. The highest BCUT2D eigenvalue weighted by Crippen LogP contribution is 2.41. The van der Waals surface area contributed by atoms with E-state index in [-0.39, 0.29) is 32.8 Å². The lowest BCUT2D eigenvalue weighted by Gasteiger charge is -2.32. The molecule has 5 rings (SSSR count). The van der Waals surface area contributed by atoms with E-state index in [2.05, 4.69) is 15.4 Å². The minimum Gasteiger partial charge on any atom is -0.454 e. The number of ether oxygens (including phenoxy) is 1. The summed E-state index contributed by atoms with van der Waals surface area (Å²) in [5, 5.41) is 46.9. The van der Waals surface area contributed by atoms with Gasteiger partial charge in [-0.25, -0.2) is 19.7 Å². The van der Waals surface area contributed by atoms with Crippen molar-refractivity contribution in [2.45, 2.75) is 19.5 Å². The quantitative estimate of drug-likeness (QED) is 0.308. The lowest BCUT2D eigenvalue weighted by atomic mass is 10.0. The van der Waals surface area contributed by atoms with Crippen LogP contribution in [0.15, 0.2) is 59.7 Å². The molecule has 0 radical (unpaired) electrons. The third-order valence-corrected chi connectivity index (χ3v) is 6.52. The molecule has 3 N–H and O–H groups in total. The number of pyridine rings is 1. The van der Waals surface area contributed by atoms with Gasteiger partial charge in [-0.15, -0.1) is 0 Å². The molecule has 2 unspecified atom stereocenters. The molecule has 2 atom stereocenters. The second kappa shape index (κ2) is 10.5. The van der Waals surface area contributed by atoms with Gasteiger partial charge in [0.1, 0.15) is 17.6 Å². The summed E-state index contributed by atoms with van der Waals surface area (Å²) >= 11 is 12.9. The van der Waals surface area contributed by atoms with Crippen LogP contribution >= 0.6 is 23.2 Å². The molecule has 39 heavy (non-hydrogen) atoms. The Balaban J connectivity index is 1.47. The van der Waals surface area contributed by atoms with E-state index < -0.39 is 18.4 Å². The van der Waals surface area contributed by atoms with Crippen LogP contribution in [0.3, 0.4) is 0 Å². The van der Waals surface area contributed by atoms with E-state index in [0.717, 1.165) is 16.0 Å². The van der Waals surface area contributed by atoms with Crippen molar-refractivity contribution in [1.82, 2.24) is 10.3 Å². The number of benzene rings is 3. The number of aromatic nitrogens is 1. The Morgan fingerprint density at radius 1 is 1.03 bits per heavy atom. The second-order valence-electron chi connectivity index (χ2n) is 8.53. The minimum atomic E-state index is -1.43. The van der Waals surface area contributed by atoms with Crippen LogP contribution in [-0.4, -0.2) is 33.5 Å². The van der Waals surface area contributed by atoms with Crippen LogP contribution in [0.1, 0.15) is 11.1 Å². The van der Waals surface area contributed by atoms with E-state index in [9.17, 15) is 19.9 Å². The summed E-state index contributed by atoms with van der Waals surface area (Å²) in [6.07, 6.45) is -2.85. The Morgan fingerprint density at radius 2 is 1.77 bits per heavy atom. The van der Waals surface area contributed by atoms with Gasteiger partial charge in [0.2, 0.25) is 6.35 Å². The Morgan fingerprint density at radius 3 is 2.46 bits per heavy atom. The van der Waals surface area contributed by atoms with E-state index in [0.29, 0.717) is 22.5 Å². The Kier molecular flexibility index (Phi) is 7.06. The zero-order chi connectivity index (χ0) is 27.8. The second-order valence-corrected chi connectivity index (χ2v) is 9.34. The van der Waals surface area contributed by atoms with Crippen molar-refractivity contribution in [2.24, 2.45) is 5.10 Å². The van der Waals surface area contributed by atoms with Gasteiger partial charge in [-0.1, -0.05) is 23.2 Å². The first-order valence-corrected chi connectivity index (χ1v) is 12.1. The maximum atomic E-state index is 13.6. The molecular weight excluding hydrogens is 546 g/mol. The van der Waals surface area contributed by atoms with Crippen molar-refractivity contribution >= 4 is 45.5 Å². The summed E-state index contributed by atoms with van der Waals surface area (Å²) in [4.78, 5) is 4.65. The molecule has 194 valence electrons. The third-order valence-electron chi connectivity index (χ3n) is 5.96. The SMILES string of the molecule is Cc1cc(-c2ccc(F)cc2C#N)nc2ccc(Oc3c(Cl)cc(N4N=C(C#N)C(O)NC4O)cc3Cl)cc12. The zero-order valence-electron chi connectivity index (χ0n) is 20.0. The number of rotatable bonds is 4. The van der Waals surface area contributed by atoms with Crippen molar-refractivity contribution in [3.8, 4) is 34.9 Å². The fraction of sp³-hybridized carbons (Fsp3) is 0.111. The van der Waals surface area contributed by atoms with Crippen molar-refractivity contribution in [3.63, 3.8) is 0 Å². The number of nitrogens with zero attached hydrogens (tertiary/aromatic N) is 5. The molecule has 0 amide bonds. The van der Waals surface area contributed by atoms with Crippen LogP contribution in [-0.2, 0) is 0 Å². The van der Waals surface area contributed by atoms with Crippen molar-refractivity contribution in [1.29, 1.82) is 10.5 Å². The zero-order valence-corrected chi connectivity index (χ0v) is 21.5. The molecule has 0 saturated carbocycles. The highest BCUT2D eigenvalue weighted by molar-refractivity contribution is 6.37. The first-order chi connectivity index (χ1) is 18.7. The number of halogens is 3. The van der Waals surface area contributed by atoms with Crippen LogP contribution in [0.2, 0.25) is 10.0 Å². The van der Waals surface area contributed by atoms with Crippen LogP contribution in [0.25, 0.3) is 22.2 Å². The summed E-state index contributed by atoms with van der Waals surface area (Å²) in [5.74, 6) is 0.0728. The van der Waals surface area contributed by atoms with Gasteiger partial charge in [-0.3, -0.25) is 0 Å². The van der Waals surface area contributed by atoms with Gasteiger partial charge in [-0.05, 0) is 67.1 Å². The lowest BCUT2D eigenvalue weighted by molar-refractivity contribution is 0.0631. The number of anilines is 1. The fourth-order valence-corrected chi connectivity index (χ4v) is 4.65. The van der Waals surface area contributed by atoms with Crippen molar-refractivity contribution < 1.29 is 19.3 Å². The van der Waals surface area contributed by atoms with E-state index in [4.69, 9.17) is 33.2 Å². The first kappa shape index (κ1) is 26.3. The number of nitrogens with one attached hydrogen (secondary N) is 1. The predicted octanol–water partition coefficient (Wildman–Crippen LogP) is 5.20. The van der Waals surface area contributed by atoms with Gasteiger partial charge < -0.3 is 14.9 Å². The number of fused-ring (bicyclic) bond motifs is 1. The van der Waals surface area contributed by atoms with Gasteiger partial charge in [-0.2, -0.15) is 15.6 Å². The largest absolute Gasteiger partial charge is 0.454 e. The Labute approximate surface area is 231 Å². The van der Waals surface area contributed by atoms with E-state index in [1.54, 1.807) is 30.3 Å². The lowest BCUT2D eigenvalue weighted by Crippen LogP contribution is -2.55. The fourth-order valence-electron chi connectivity index (χ4n) is 4.10. The molecular formula is C27H17Cl2FN6O3. The summed E-state index contributed by atoms with van der Waals surface area (Å²) in [6, 6.07) is 17.6. The normalized spacial score (nSPS) is 16.9. The molecule has 2 heterocycles. The number of aliphatic hydroxyl groups is 2. The van der Waals surface area contributed by atoms with E-state index >= 15 is 0 Å². The molecule has 4 aromatic rings. The topological polar surface area (TPSA) is 138 Å². The highest BCUT2D eigenvalue weighted by atomic mass is 35.5. The number of hydrogen-bond donors (Lipinski definition) is 3. The molecule has 0 fully saturated rings. The molecule has 3 aromatic carbocycles. The molecule has 0 bridgehead atoms. The van der Waals surface area contributed by atoms with Gasteiger partial charge in [0.25, 0.3) is 0 Å². The predicted molar refractivity (Wildman–Crippen MR) is 144 cm³/mol. The average molecular weight is 563 g/mol. The van der Waals surface area contributed by atoms with Crippen molar-refractivity contribution in [2.75, 3.05) is 5.01 Å². The van der Waals surface area contributed by atoms with Crippen LogP contribution in [0, 0.1) is 35.4 Å². The summed E-state index contributed by atoms with van der Waals surface area (Å²) in [5.41, 5.74) is 2.74. The maximum absolute atomic E-state index is 13.6. The Bertz CT molecular complexity index is 1730. The molecule has 1 aliphatic rings. The van der Waals surface area contributed by atoms with Crippen LogP contribution < -0.4 is 15.1 Å². The van der Waals surface area contributed by atoms with Crippen LogP contribution in [0.5, 0.6) is 11.5 Å². The molecule has 12 heteroatoms. The van der Waals surface area contributed by atoms with E-state index in [1.807, 2.05) is 13.0 Å². The number of nitriles is 2. The monoisotopic (exact) mass is 562 g/mol. The van der Waals surface area contributed by atoms with Gasteiger partial charge in [0.05, 0.1) is 38.6 Å². The number of hydrogen-bond acceptors (Lipinski definition) is 9. The molecule has 1 aromatic heterocycles. The average Bonchev–Trinajstić information content (AvgIpc) is 2.90. The molecule has 0 spiro atoms. The van der Waals surface area contributed by atoms with E-state index in [1.165, 1.54) is 30.3 Å². The molecule has 9 nitrogen and oxygen atoms in total. The number of aliphatic hydroxyl groups excluding tert-OH is 2. The highest BCUT2D eigenvalue weighted by Gasteiger charge is 2.29. The standard InChI is InChI=1S/C27H17Cl2FN6O3/c1-13-6-23(18-4-2-15(30)7-14(18)11-31)33-22-5-3-17(10-19(13)22)39-25-20(28)8-16(9-21(25)29)36-27(38)34-26(37)24(12-32)35-36/h2-10,26-27,34,37-38H,1H3. The van der Waals surface area contributed by atoms with Crippen LogP contribution in [0.4, 0.5) is 10.1 Å². The summed E-state index contributed by atoms with van der Waals surface area (Å²) < 4.78 is 19.6. The molecule has 0 aliphatic carbocycles. The number of aryl methyl sites for hydroxylation is 1. The summed E-state index contributed by atoms with van der Waals surface area (Å²) in [6.45, 7) is 1.88.